The second-order valence-corrected chi connectivity index (χ2v) is 5.31. The molecule has 78 valence electrons. The molecule has 4 heteroatoms. The highest BCUT2D eigenvalue weighted by Crippen LogP contribution is 2.40. The Labute approximate surface area is 92.7 Å². The van der Waals surface area contributed by atoms with Gasteiger partial charge in [0, 0.05) is 4.88 Å². The second-order valence-electron chi connectivity index (χ2n) is 3.98. The molecule has 2 nitrogen and oxygen atoms in total. The van der Waals surface area contributed by atoms with Crippen LogP contribution < -0.4 is 5.73 Å². The monoisotopic (exact) mass is 231 g/mol. The molecule has 1 saturated carbocycles. The van der Waals surface area contributed by atoms with Crippen LogP contribution in [0.25, 0.3) is 0 Å². The summed E-state index contributed by atoms with van der Waals surface area (Å²) in [6.07, 6.45) is 3.04. The summed E-state index contributed by atoms with van der Waals surface area (Å²) in [7, 11) is 0. The standard InChI is InChI=1S/C10H14ClNOS/c11-8-3-6-14-9(8)10(12)4-1-7(13)2-5-10/h3,6-7,13H,1-2,4-5,12H2. The van der Waals surface area contributed by atoms with Gasteiger partial charge in [0.2, 0.25) is 0 Å². The average molecular weight is 232 g/mol. The third-order valence-corrected chi connectivity index (χ3v) is 4.48. The summed E-state index contributed by atoms with van der Waals surface area (Å²) >= 11 is 7.68. The molecule has 1 heterocycles. The van der Waals surface area contributed by atoms with Gasteiger partial charge in [0.05, 0.1) is 16.7 Å². The van der Waals surface area contributed by atoms with E-state index in [0.717, 1.165) is 35.6 Å². The summed E-state index contributed by atoms with van der Waals surface area (Å²) < 4.78 is 0. The van der Waals surface area contributed by atoms with Crippen molar-refractivity contribution >= 4 is 22.9 Å². The van der Waals surface area contributed by atoms with Crippen molar-refractivity contribution < 1.29 is 5.11 Å². The quantitative estimate of drug-likeness (QED) is 0.780. The maximum absolute atomic E-state index is 9.42. The van der Waals surface area contributed by atoms with E-state index >= 15 is 0 Å². The zero-order chi connectivity index (χ0) is 10.2. The Balaban J connectivity index is 2.21. The van der Waals surface area contributed by atoms with E-state index < -0.39 is 0 Å². The van der Waals surface area contributed by atoms with Gasteiger partial charge in [-0.05, 0) is 37.1 Å². The first kappa shape index (κ1) is 10.4. The van der Waals surface area contributed by atoms with Crippen LogP contribution in [0.4, 0.5) is 0 Å². The van der Waals surface area contributed by atoms with Crippen LogP contribution in [0.5, 0.6) is 0 Å². The lowest BCUT2D eigenvalue weighted by Crippen LogP contribution is -2.41. The summed E-state index contributed by atoms with van der Waals surface area (Å²) in [5.41, 5.74) is 6.00. The molecule has 14 heavy (non-hydrogen) atoms. The van der Waals surface area contributed by atoms with Gasteiger partial charge in [0.25, 0.3) is 0 Å². The minimum atomic E-state index is -0.301. The van der Waals surface area contributed by atoms with Crippen LogP contribution in [-0.2, 0) is 5.54 Å². The predicted octanol–water partition coefficient (Wildman–Crippen LogP) is 2.49. The Morgan fingerprint density at radius 3 is 2.64 bits per heavy atom. The molecular formula is C10H14ClNOS. The highest BCUT2D eigenvalue weighted by atomic mass is 35.5. The topological polar surface area (TPSA) is 46.2 Å². The number of hydrogen-bond donors (Lipinski definition) is 2. The van der Waals surface area contributed by atoms with Crippen LogP contribution in [0.1, 0.15) is 30.6 Å². The van der Waals surface area contributed by atoms with Gasteiger partial charge in [0.1, 0.15) is 0 Å². The van der Waals surface area contributed by atoms with Crippen molar-refractivity contribution in [2.45, 2.75) is 37.3 Å². The summed E-state index contributed by atoms with van der Waals surface area (Å²) in [5, 5.41) is 12.2. The molecule has 1 aromatic rings. The number of aliphatic hydroxyl groups excluding tert-OH is 1. The minimum Gasteiger partial charge on any atom is -0.393 e. The van der Waals surface area contributed by atoms with E-state index in [1.165, 1.54) is 0 Å². The van der Waals surface area contributed by atoms with Crippen molar-refractivity contribution in [3.05, 3.63) is 21.3 Å². The van der Waals surface area contributed by atoms with E-state index in [0.29, 0.717) is 0 Å². The molecule has 1 aliphatic rings. The number of aliphatic hydroxyl groups is 1. The van der Waals surface area contributed by atoms with Crippen LogP contribution >= 0.6 is 22.9 Å². The molecule has 0 bridgehead atoms. The lowest BCUT2D eigenvalue weighted by atomic mass is 9.80. The molecule has 0 aromatic carbocycles. The number of nitrogens with two attached hydrogens (primary N) is 1. The molecule has 1 aromatic heterocycles. The first-order valence-electron chi connectivity index (χ1n) is 4.82. The molecule has 1 fully saturated rings. The Kier molecular flexibility index (Phi) is 2.84. The van der Waals surface area contributed by atoms with Crippen LogP contribution in [0.3, 0.4) is 0 Å². The molecule has 0 aliphatic heterocycles. The largest absolute Gasteiger partial charge is 0.393 e. The Bertz CT molecular complexity index is 318. The molecular weight excluding hydrogens is 218 g/mol. The summed E-state index contributed by atoms with van der Waals surface area (Å²) in [6.45, 7) is 0. The molecule has 3 N–H and O–H groups in total. The molecule has 0 spiro atoms. The van der Waals surface area contributed by atoms with Gasteiger partial charge in [-0.2, -0.15) is 0 Å². The van der Waals surface area contributed by atoms with E-state index in [4.69, 9.17) is 17.3 Å². The highest BCUT2D eigenvalue weighted by Gasteiger charge is 2.34. The highest BCUT2D eigenvalue weighted by molar-refractivity contribution is 7.10. The Hall–Kier alpha value is -0.0900. The summed E-state index contributed by atoms with van der Waals surface area (Å²) in [6, 6.07) is 1.89. The third-order valence-electron chi connectivity index (χ3n) is 2.92. The van der Waals surface area contributed by atoms with Gasteiger partial charge < -0.3 is 10.8 Å². The van der Waals surface area contributed by atoms with Gasteiger partial charge in [0.15, 0.2) is 0 Å². The molecule has 1 aliphatic carbocycles. The Morgan fingerprint density at radius 1 is 1.50 bits per heavy atom. The third kappa shape index (κ3) is 1.82. The lowest BCUT2D eigenvalue weighted by Gasteiger charge is -2.35. The number of rotatable bonds is 1. The number of halogens is 1. The van der Waals surface area contributed by atoms with Crippen LogP contribution in [-0.4, -0.2) is 11.2 Å². The Morgan fingerprint density at radius 2 is 2.14 bits per heavy atom. The molecule has 0 unspecified atom stereocenters. The number of thiophene rings is 1. The first-order chi connectivity index (χ1) is 6.62. The van der Waals surface area contributed by atoms with E-state index in [1.807, 2.05) is 11.4 Å². The fraction of sp³-hybridized carbons (Fsp3) is 0.600. The summed E-state index contributed by atoms with van der Waals surface area (Å²) in [4.78, 5) is 1.08. The van der Waals surface area contributed by atoms with Crippen molar-refractivity contribution in [3.8, 4) is 0 Å². The molecule has 0 radical (unpaired) electrons. The molecule has 2 rings (SSSR count). The van der Waals surface area contributed by atoms with E-state index in [2.05, 4.69) is 0 Å². The average Bonchev–Trinajstić information content (AvgIpc) is 2.58. The van der Waals surface area contributed by atoms with E-state index in [9.17, 15) is 5.11 Å². The summed E-state index contributed by atoms with van der Waals surface area (Å²) in [5.74, 6) is 0. The van der Waals surface area contributed by atoms with Crippen LogP contribution in [0, 0.1) is 0 Å². The SMILES string of the molecule is NC1(c2sccc2Cl)CCC(O)CC1. The van der Waals surface area contributed by atoms with Gasteiger partial charge >= 0.3 is 0 Å². The molecule has 0 saturated heterocycles. The fourth-order valence-corrected chi connectivity index (χ4v) is 3.41. The predicted molar refractivity (Wildman–Crippen MR) is 59.7 cm³/mol. The molecule has 0 atom stereocenters. The zero-order valence-electron chi connectivity index (χ0n) is 7.87. The normalized spacial score (nSPS) is 33.2. The smallest absolute Gasteiger partial charge is 0.0564 e. The zero-order valence-corrected chi connectivity index (χ0v) is 9.44. The van der Waals surface area contributed by atoms with Crippen LogP contribution in [0.15, 0.2) is 11.4 Å². The maximum atomic E-state index is 9.42. The van der Waals surface area contributed by atoms with Crippen molar-refractivity contribution in [3.63, 3.8) is 0 Å². The van der Waals surface area contributed by atoms with Gasteiger partial charge in [-0.25, -0.2) is 0 Å². The first-order valence-corrected chi connectivity index (χ1v) is 6.08. The van der Waals surface area contributed by atoms with Gasteiger partial charge in [-0.1, -0.05) is 11.6 Å². The van der Waals surface area contributed by atoms with Crippen molar-refractivity contribution in [2.24, 2.45) is 5.73 Å². The van der Waals surface area contributed by atoms with Crippen molar-refractivity contribution in [1.82, 2.24) is 0 Å². The van der Waals surface area contributed by atoms with Crippen molar-refractivity contribution in [1.29, 1.82) is 0 Å². The minimum absolute atomic E-state index is 0.176. The fourth-order valence-electron chi connectivity index (χ4n) is 1.99. The van der Waals surface area contributed by atoms with E-state index in [-0.39, 0.29) is 11.6 Å². The van der Waals surface area contributed by atoms with Crippen LogP contribution in [0.2, 0.25) is 5.02 Å². The second kappa shape index (κ2) is 3.81. The van der Waals surface area contributed by atoms with Gasteiger partial charge in [-0.15, -0.1) is 11.3 Å². The number of hydrogen-bond acceptors (Lipinski definition) is 3. The maximum Gasteiger partial charge on any atom is 0.0564 e. The molecule has 0 amide bonds. The van der Waals surface area contributed by atoms with E-state index in [1.54, 1.807) is 11.3 Å². The van der Waals surface area contributed by atoms with Gasteiger partial charge in [-0.3, -0.25) is 0 Å². The van der Waals surface area contributed by atoms with Crippen molar-refractivity contribution in [2.75, 3.05) is 0 Å². The lowest BCUT2D eigenvalue weighted by molar-refractivity contribution is 0.0980.